The number of nitrogens with zero attached hydrogens (tertiary/aromatic N) is 4. The normalized spacial score (nSPS) is 22.9. The SMILES string of the molecule is C[C@H](/C=C/CC(=O)N1CCC[C@H]1CO)[C@@]1(O)C(=O)N(Cc2cccc(N3CCOC3=O)c2)c2ccc([N+](=O)[O-])cc21. The van der Waals surface area contributed by atoms with E-state index in [0.29, 0.717) is 30.0 Å². The molecule has 3 aliphatic heterocycles. The van der Waals surface area contributed by atoms with Gasteiger partial charge in [0.2, 0.25) is 5.91 Å². The van der Waals surface area contributed by atoms with Gasteiger partial charge in [0.25, 0.3) is 11.6 Å². The fourth-order valence-electron chi connectivity index (χ4n) is 5.82. The van der Waals surface area contributed by atoms with Crippen LogP contribution < -0.4 is 9.80 Å². The minimum absolute atomic E-state index is 0.0301. The maximum atomic E-state index is 13.9. The molecule has 216 valence electrons. The molecule has 0 unspecified atom stereocenters. The zero-order valence-electron chi connectivity index (χ0n) is 22.6. The lowest BCUT2D eigenvalue weighted by Crippen LogP contribution is -2.44. The van der Waals surface area contributed by atoms with Gasteiger partial charge >= 0.3 is 6.09 Å². The summed E-state index contributed by atoms with van der Waals surface area (Å²) < 4.78 is 5.02. The first kappa shape index (κ1) is 28.2. The van der Waals surface area contributed by atoms with Gasteiger partial charge in [0.15, 0.2) is 5.60 Å². The minimum atomic E-state index is -2.11. The average molecular weight is 565 g/mol. The van der Waals surface area contributed by atoms with Crippen molar-refractivity contribution in [3.8, 4) is 0 Å². The van der Waals surface area contributed by atoms with E-state index in [0.717, 1.165) is 12.8 Å². The first-order valence-electron chi connectivity index (χ1n) is 13.6. The maximum absolute atomic E-state index is 13.9. The zero-order valence-corrected chi connectivity index (χ0v) is 22.6. The Morgan fingerprint density at radius 3 is 2.76 bits per heavy atom. The molecule has 12 heteroatoms. The first-order chi connectivity index (χ1) is 19.6. The number of non-ortho nitro benzene ring substituents is 1. The van der Waals surface area contributed by atoms with Gasteiger partial charge in [0, 0.05) is 42.3 Å². The number of fused-ring (bicyclic) bond motifs is 1. The highest BCUT2D eigenvalue weighted by atomic mass is 16.6. The number of hydrogen-bond acceptors (Lipinski definition) is 8. The molecule has 0 saturated carbocycles. The Morgan fingerprint density at radius 2 is 2.05 bits per heavy atom. The third-order valence-corrected chi connectivity index (χ3v) is 8.07. The number of amides is 3. The van der Waals surface area contributed by atoms with Gasteiger partial charge in [-0.2, -0.15) is 0 Å². The number of carbonyl (C=O) groups is 3. The van der Waals surface area contributed by atoms with E-state index in [9.17, 15) is 34.7 Å². The summed E-state index contributed by atoms with van der Waals surface area (Å²) >= 11 is 0. The fourth-order valence-corrected chi connectivity index (χ4v) is 5.82. The number of carbonyl (C=O) groups excluding carboxylic acids is 3. The molecule has 2 saturated heterocycles. The lowest BCUT2D eigenvalue weighted by molar-refractivity contribution is -0.385. The third kappa shape index (κ3) is 5.16. The van der Waals surface area contributed by atoms with Gasteiger partial charge in [-0.1, -0.05) is 31.2 Å². The second-order valence-corrected chi connectivity index (χ2v) is 10.5. The van der Waals surface area contributed by atoms with Crippen molar-refractivity contribution >= 4 is 35.0 Å². The van der Waals surface area contributed by atoms with E-state index < -0.39 is 28.4 Å². The molecule has 5 rings (SSSR count). The van der Waals surface area contributed by atoms with Crippen LogP contribution in [0.5, 0.6) is 0 Å². The van der Waals surface area contributed by atoms with Crippen molar-refractivity contribution in [1.29, 1.82) is 0 Å². The first-order valence-corrected chi connectivity index (χ1v) is 13.6. The number of nitro benzene ring substituents is 1. The van der Waals surface area contributed by atoms with Gasteiger partial charge < -0.3 is 24.7 Å². The monoisotopic (exact) mass is 564 g/mol. The fraction of sp³-hybridized carbons (Fsp3) is 0.414. The third-order valence-electron chi connectivity index (χ3n) is 8.07. The summed E-state index contributed by atoms with van der Waals surface area (Å²) in [6.07, 6.45) is 4.30. The smallest absolute Gasteiger partial charge is 0.414 e. The molecule has 0 spiro atoms. The Labute approximate surface area is 236 Å². The zero-order chi connectivity index (χ0) is 29.3. The van der Waals surface area contributed by atoms with Crippen LogP contribution in [0, 0.1) is 16.0 Å². The second kappa shape index (κ2) is 11.3. The van der Waals surface area contributed by atoms with Crippen LogP contribution in [-0.4, -0.2) is 70.3 Å². The van der Waals surface area contributed by atoms with Gasteiger partial charge in [0.05, 0.1) is 36.3 Å². The number of hydrogen-bond donors (Lipinski definition) is 2. The molecule has 0 aliphatic carbocycles. The van der Waals surface area contributed by atoms with Crippen LogP contribution in [0.3, 0.4) is 0 Å². The van der Waals surface area contributed by atoms with Gasteiger partial charge in [-0.05, 0) is 36.6 Å². The summed E-state index contributed by atoms with van der Waals surface area (Å²) in [4.78, 5) is 54.1. The number of likely N-dealkylation sites (tertiary alicyclic amines) is 1. The van der Waals surface area contributed by atoms with E-state index in [2.05, 4.69) is 0 Å². The van der Waals surface area contributed by atoms with Crippen LogP contribution in [0.2, 0.25) is 0 Å². The number of aliphatic hydroxyl groups excluding tert-OH is 1. The molecule has 3 aliphatic rings. The van der Waals surface area contributed by atoms with Crippen molar-refractivity contribution in [2.45, 2.75) is 44.4 Å². The lowest BCUT2D eigenvalue weighted by atomic mass is 9.82. The second-order valence-electron chi connectivity index (χ2n) is 10.5. The van der Waals surface area contributed by atoms with Crippen LogP contribution in [0.4, 0.5) is 21.9 Å². The minimum Gasteiger partial charge on any atom is -0.447 e. The topological polar surface area (TPSA) is 154 Å². The van der Waals surface area contributed by atoms with E-state index in [4.69, 9.17) is 4.74 Å². The van der Waals surface area contributed by atoms with E-state index in [-0.39, 0.29) is 49.4 Å². The van der Waals surface area contributed by atoms with Crippen LogP contribution >= 0.6 is 0 Å². The van der Waals surface area contributed by atoms with Crippen LogP contribution in [0.25, 0.3) is 0 Å². The number of rotatable bonds is 9. The number of ether oxygens (including phenoxy) is 1. The Morgan fingerprint density at radius 1 is 1.24 bits per heavy atom. The van der Waals surface area contributed by atoms with Crippen molar-refractivity contribution in [2.75, 3.05) is 36.1 Å². The maximum Gasteiger partial charge on any atom is 0.414 e. The van der Waals surface area contributed by atoms with Gasteiger partial charge in [0.1, 0.15) is 6.61 Å². The summed E-state index contributed by atoms with van der Waals surface area (Å²) in [5, 5.41) is 33.0. The highest BCUT2D eigenvalue weighted by Crippen LogP contribution is 2.47. The summed E-state index contributed by atoms with van der Waals surface area (Å²) in [6, 6.07) is 10.8. The predicted octanol–water partition coefficient (Wildman–Crippen LogP) is 2.85. The number of cyclic esters (lactones) is 1. The Kier molecular flexibility index (Phi) is 7.78. The van der Waals surface area contributed by atoms with Crippen LogP contribution in [0.1, 0.15) is 37.3 Å². The number of aliphatic hydroxyl groups is 2. The number of nitro groups is 1. The lowest BCUT2D eigenvalue weighted by Gasteiger charge is -2.28. The molecule has 0 radical (unpaired) electrons. The van der Waals surface area contributed by atoms with Crippen LogP contribution in [-0.2, 0) is 26.5 Å². The molecule has 2 aromatic carbocycles. The van der Waals surface area contributed by atoms with E-state index in [1.165, 1.54) is 28.0 Å². The Hall–Kier alpha value is -4.29. The van der Waals surface area contributed by atoms with E-state index in [1.807, 2.05) is 0 Å². The standard InChI is InChI=1S/C29H32N4O8/c1-19(5-2-9-26(35)30-12-4-8-23(30)18-34)29(38)24-16-22(33(39)40)10-11-25(24)32(27(29)36)17-20-6-3-7-21(15-20)31-13-14-41-28(31)37/h2-3,5-7,10-11,15-16,19,23,34,38H,4,8-9,12-14,17-18H2,1H3/b5-2+/t19-,23+,29+/m1/s1. The van der Waals surface area contributed by atoms with Gasteiger partial charge in [-0.25, -0.2) is 4.79 Å². The highest BCUT2D eigenvalue weighted by molar-refractivity contribution is 6.07. The highest BCUT2D eigenvalue weighted by Gasteiger charge is 2.53. The van der Waals surface area contributed by atoms with Crippen molar-refractivity contribution in [1.82, 2.24) is 4.90 Å². The summed E-state index contributed by atoms with van der Waals surface area (Å²) in [5.74, 6) is -1.64. The summed E-state index contributed by atoms with van der Waals surface area (Å²) in [7, 11) is 0. The Balaban J connectivity index is 1.41. The molecule has 2 fully saturated rings. The molecular formula is C29H32N4O8. The van der Waals surface area contributed by atoms with Crippen molar-refractivity contribution in [3.05, 3.63) is 75.9 Å². The molecule has 41 heavy (non-hydrogen) atoms. The molecule has 2 aromatic rings. The largest absolute Gasteiger partial charge is 0.447 e. The molecule has 3 heterocycles. The van der Waals surface area contributed by atoms with E-state index in [1.54, 1.807) is 48.2 Å². The molecule has 12 nitrogen and oxygen atoms in total. The predicted molar refractivity (Wildman–Crippen MR) is 148 cm³/mol. The number of anilines is 2. The quantitative estimate of drug-likeness (QED) is 0.268. The van der Waals surface area contributed by atoms with Crippen molar-refractivity contribution in [2.24, 2.45) is 5.92 Å². The molecule has 0 bridgehead atoms. The average Bonchev–Trinajstić information content (AvgIpc) is 3.67. The molecular weight excluding hydrogens is 532 g/mol. The van der Waals surface area contributed by atoms with Gasteiger partial charge in [-0.15, -0.1) is 0 Å². The molecule has 3 atom stereocenters. The molecule has 3 amide bonds. The molecule has 2 N–H and O–H groups in total. The van der Waals surface area contributed by atoms with Crippen LogP contribution in [0.15, 0.2) is 54.6 Å². The summed E-state index contributed by atoms with van der Waals surface area (Å²) in [5.41, 5.74) is -0.631. The van der Waals surface area contributed by atoms with Gasteiger partial charge in [-0.3, -0.25) is 24.6 Å². The van der Waals surface area contributed by atoms with Crippen molar-refractivity contribution < 1.29 is 34.3 Å². The summed E-state index contributed by atoms with van der Waals surface area (Å²) in [6.45, 7) is 2.83. The Bertz CT molecular complexity index is 1410. The molecule has 0 aromatic heterocycles. The van der Waals surface area contributed by atoms with E-state index >= 15 is 0 Å². The van der Waals surface area contributed by atoms with Crippen molar-refractivity contribution in [3.63, 3.8) is 0 Å². The number of benzene rings is 2.